The van der Waals surface area contributed by atoms with Crippen LogP contribution in [0.5, 0.6) is 0 Å². The lowest BCUT2D eigenvalue weighted by Crippen LogP contribution is -2.55. The van der Waals surface area contributed by atoms with Crippen LogP contribution in [0.15, 0.2) is 48.7 Å². The van der Waals surface area contributed by atoms with Crippen LogP contribution in [0.1, 0.15) is 46.6 Å². The Morgan fingerprint density at radius 3 is 2.49 bits per heavy atom. The number of H-pyrrole nitrogens is 1. The summed E-state index contributed by atoms with van der Waals surface area (Å²) in [6.45, 7) is 7.08. The summed E-state index contributed by atoms with van der Waals surface area (Å²) in [6, 6.07) is 10.5. The van der Waals surface area contributed by atoms with Crippen molar-refractivity contribution < 1.29 is 22.8 Å². The fourth-order valence-corrected chi connectivity index (χ4v) is 5.18. The van der Waals surface area contributed by atoms with Crippen molar-refractivity contribution in [3.8, 4) is 11.1 Å². The van der Waals surface area contributed by atoms with E-state index in [1.54, 1.807) is 36.5 Å². The van der Waals surface area contributed by atoms with Gasteiger partial charge in [-0.05, 0) is 61.7 Å². The molecule has 0 bridgehead atoms. The number of carbonyl (C=O) groups excluding carboxylic acids is 2. The van der Waals surface area contributed by atoms with E-state index in [0.29, 0.717) is 57.9 Å². The molecule has 0 saturated carbocycles. The Morgan fingerprint density at radius 2 is 1.78 bits per heavy atom. The third-order valence-electron chi connectivity index (χ3n) is 6.87. The number of nitrogens with one attached hydrogen (secondary N) is 3. The van der Waals surface area contributed by atoms with E-state index >= 15 is 0 Å². The van der Waals surface area contributed by atoms with Crippen LogP contribution < -0.4 is 10.6 Å². The monoisotopic (exact) mass is 508 g/mol. The van der Waals surface area contributed by atoms with Gasteiger partial charge in [0.2, 0.25) is 0 Å². The van der Waals surface area contributed by atoms with E-state index < -0.39 is 11.7 Å². The van der Waals surface area contributed by atoms with E-state index in [9.17, 15) is 22.8 Å². The first-order valence-corrected chi connectivity index (χ1v) is 12.1. The lowest BCUT2D eigenvalue weighted by molar-refractivity contribution is -0.137. The minimum Gasteiger partial charge on any atom is -0.361 e. The Balaban J connectivity index is 1.53. The van der Waals surface area contributed by atoms with E-state index in [2.05, 4.69) is 15.6 Å². The predicted molar refractivity (Wildman–Crippen MR) is 137 cm³/mol. The fraction of sp³-hybridized carbons (Fsp3) is 0.286. The highest BCUT2D eigenvalue weighted by Gasteiger charge is 2.32. The Labute approximate surface area is 212 Å². The summed E-state index contributed by atoms with van der Waals surface area (Å²) in [6.07, 6.45) is -1.17. The van der Waals surface area contributed by atoms with Gasteiger partial charge in [0, 0.05) is 48.3 Å². The molecule has 1 aromatic heterocycles. The van der Waals surface area contributed by atoms with Crippen LogP contribution in [0.4, 0.5) is 18.9 Å². The lowest BCUT2D eigenvalue weighted by Gasteiger charge is -2.36. The first kappa shape index (κ1) is 24.8. The molecule has 3 N–H and O–H groups in total. The van der Waals surface area contributed by atoms with Gasteiger partial charge in [-0.2, -0.15) is 13.2 Å². The molecule has 1 saturated heterocycles. The normalized spacial score (nSPS) is 20.8. The molecule has 2 atom stereocenters. The van der Waals surface area contributed by atoms with Crippen molar-refractivity contribution in [1.29, 1.82) is 0 Å². The summed E-state index contributed by atoms with van der Waals surface area (Å²) < 4.78 is 40.1. The number of alkyl halides is 3. The van der Waals surface area contributed by atoms with Gasteiger partial charge in [0.15, 0.2) is 0 Å². The highest BCUT2D eigenvalue weighted by atomic mass is 19.4. The molecule has 2 aliphatic rings. The number of piperazine rings is 1. The van der Waals surface area contributed by atoms with Crippen molar-refractivity contribution in [3.63, 3.8) is 0 Å². The predicted octanol–water partition coefficient (Wildman–Crippen LogP) is 5.32. The number of carbonyl (C=O) groups is 2. The third-order valence-corrected chi connectivity index (χ3v) is 6.87. The average Bonchev–Trinajstić information content (AvgIpc) is 3.36. The zero-order valence-corrected chi connectivity index (χ0v) is 20.7. The maximum absolute atomic E-state index is 13.4. The number of aromatic amines is 1. The van der Waals surface area contributed by atoms with Crippen LogP contribution in [0.2, 0.25) is 0 Å². The summed E-state index contributed by atoms with van der Waals surface area (Å²) in [5.74, 6) is -0.444. The number of aromatic nitrogens is 1. The first-order chi connectivity index (χ1) is 17.5. The highest BCUT2D eigenvalue weighted by Crippen LogP contribution is 2.42. The van der Waals surface area contributed by atoms with E-state index in [0.717, 1.165) is 12.1 Å². The summed E-state index contributed by atoms with van der Waals surface area (Å²) in [5, 5.41) is 6.22. The number of amides is 2. The number of nitrogens with zero attached hydrogens (tertiary/aromatic N) is 1. The SMILES string of the molecule is Cc1c(C(=O)N2C[C@H](C)N[C@@H](C)C2)c[nH]c1/C=C1\C(=O)Nc2cccc(-c3cccc(C(F)(F)F)c3)c21. The molecule has 2 aliphatic heterocycles. The first-order valence-electron chi connectivity index (χ1n) is 12.1. The third kappa shape index (κ3) is 4.67. The van der Waals surface area contributed by atoms with Crippen LogP contribution in [-0.2, 0) is 11.0 Å². The van der Waals surface area contributed by atoms with Crippen LogP contribution >= 0.6 is 0 Å². The smallest absolute Gasteiger partial charge is 0.361 e. The molecule has 0 unspecified atom stereocenters. The van der Waals surface area contributed by atoms with Gasteiger partial charge < -0.3 is 20.5 Å². The molecule has 2 aromatic carbocycles. The molecule has 0 spiro atoms. The molecule has 5 rings (SSSR count). The van der Waals surface area contributed by atoms with Gasteiger partial charge in [-0.1, -0.05) is 24.3 Å². The van der Waals surface area contributed by atoms with Gasteiger partial charge in [-0.15, -0.1) is 0 Å². The van der Waals surface area contributed by atoms with E-state index in [4.69, 9.17) is 0 Å². The lowest BCUT2D eigenvalue weighted by atomic mass is 9.93. The molecule has 192 valence electrons. The van der Waals surface area contributed by atoms with Crippen LogP contribution in [0.3, 0.4) is 0 Å². The Kier molecular flexibility index (Phi) is 6.19. The number of anilines is 1. The largest absolute Gasteiger partial charge is 0.416 e. The molecular weight excluding hydrogens is 481 g/mol. The Bertz CT molecular complexity index is 1410. The minimum atomic E-state index is -4.48. The highest BCUT2D eigenvalue weighted by molar-refractivity contribution is 6.36. The number of halogens is 3. The van der Waals surface area contributed by atoms with Gasteiger partial charge in [-0.3, -0.25) is 9.59 Å². The molecule has 3 heterocycles. The molecular formula is C28H27F3N4O2. The van der Waals surface area contributed by atoms with E-state index in [1.165, 1.54) is 6.07 Å². The van der Waals surface area contributed by atoms with Crippen LogP contribution in [0.25, 0.3) is 22.8 Å². The number of hydrogen-bond acceptors (Lipinski definition) is 3. The molecule has 37 heavy (non-hydrogen) atoms. The zero-order valence-electron chi connectivity index (χ0n) is 20.7. The van der Waals surface area contributed by atoms with Crippen molar-refractivity contribution in [2.75, 3.05) is 18.4 Å². The van der Waals surface area contributed by atoms with Crippen molar-refractivity contribution in [2.45, 2.75) is 39.0 Å². The molecule has 3 aromatic rings. The number of benzene rings is 2. The van der Waals surface area contributed by atoms with E-state index in [-0.39, 0.29) is 23.9 Å². The molecule has 6 nitrogen and oxygen atoms in total. The number of hydrogen-bond donors (Lipinski definition) is 3. The second-order valence-corrected chi connectivity index (χ2v) is 9.74. The van der Waals surface area contributed by atoms with Crippen molar-refractivity contribution >= 4 is 29.2 Å². The van der Waals surface area contributed by atoms with E-state index in [1.807, 2.05) is 25.7 Å². The second-order valence-electron chi connectivity index (χ2n) is 9.74. The van der Waals surface area contributed by atoms with Crippen molar-refractivity contribution in [1.82, 2.24) is 15.2 Å². The van der Waals surface area contributed by atoms with Gasteiger partial charge in [-0.25, -0.2) is 0 Å². The van der Waals surface area contributed by atoms with Crippen LogP contribution in [0, 0.1) is 6.92 Å². The zero-order chi connectivity index (χ0) is 26.5. The van der Waals surface area contributed by atoms with Crippen molar-refractivity contribution in [3.05, 3.63) is 76.6 Å². The topological polar surface area (TPSA) is 77.2 Å². The van der Waals surface area contributed by atoms with Gasteiger partial charge >= 0.3 is 6.18 Å². The molecule has 0 radical (unpaired) electrons. The minimum absolute atomic E-state index is 0.0838. The summed E-state index contributed by atoms with van der Waals surface area (Å²) in [7, 11) is 0. The Hall–Kier alpha value is -3.85. The van der Waals surface area contributed by atoms with Crippen molar-refractivity contribution in [2.24, 2.45) is 0 Å². The average molecular weight is 509 g/mol. The van der Waals surface area contributed by atoms with Gasteiger partial charge in [0.1, 0.15) is 0 Å². The maximum atomic E-state index is 13.4. The molecule has 9 heteroatoms. The molecule has 0 aliphatic carbocycles. The summed E-state index contributed by atoms with van der Waals surface area (Å²) in [4.78, 5) is 31.2. The quantitative estimate of drug-likeness (QED) is 0.419. The maximum Gasteiger partial charge on any atom is 0.416 e. The second kappa shape index (κ2) is 9.23. The molecule has 1 fully saturated rings. The fourth-order valence-electron chi connectivity index (χ4n) is 5.18. The standard InChI is InChI=1S/C28H27F3N4O2/c1-15-13-35(14-16(2)33-15)27(37)22-12-32-24(17(22)3)11-21-25-20(8-5-9-23(25)34-26(21)36)18-6-4-7-19(10-18)28(29,30)31/h4-12,15-16,32-33H,13-14H2,1-3H3,(H,34,36)/b21-11-/t15-,16-/m0/s1. The van der Waals surface area contributed by atoms with Crippen LogP contribution in [-0.4, -0.2) is 46.9 Å². The summed E-state index contributed by atoms with van der Waals surface area (Å²) >= 11 is 0. The Morgan fingerprint density at radius 1 is 1.08 bits per heavy atom. The summed E-state index contributed by atoms with van der Waals surface area (Å²) in [5.41, 5.74) is 3.30. The number of rotatable bonds is 3. The van der Waals surface area contributed by atoms with Gasteiger partial charge in [0.05, 0.1) is 16.7 Å². The van der Waals surface area contributed by atoms with Gasteiger partial charge in [0.25, 0.3) is 11.8 Å². The number of fused-ring (bicyclic) bond motifs is 1. The molecule has 2 amide bonds.